The van der Waals surface area contributed by atoms with Gasteiger partial charge in [0.25, 0.3) is 0 Å². The lowest BCUT2D eigenvalue weighted by Crippen LogP contribution is -2.46. The van der Waals surface area contributed by atoms with Crippen LogP contribution in [-0.4, -0.2) is 42.9 Å². The van der Waals surface area contributed by atoms with E-state index in [0.29, 0.717) is 11.3 Å². The number of ether oxygens (including phenoxy) is 2. The molecule has 1 unspecified atom stereocenters. The first-order valence-electron chi connectivity index (χ1n) is 8.82. The molecule has 0 aliphatic carbocycles. The molecule has 1 heterocycles. The first-order valence-corrected chi connectivity index (χ1v) is 8.82. The molecule has 2 aromatic carbocycles. The summed E-state index contributed by atoms with van der Waals surface area (Å²) in [6.07, 6.45) is 1.97. The lowest BCUT2D eigenvalue weighted by molar-refractivity contribution is -0.149. The lowest BCUT2D eigenvalue weighted by Gasteiger charge is -2.24. The Balaban J connectivity index is 1.75. The fourth-order valence-corrected chi connectivity index (χ4v) is 3.14. The first kappa shape index (κ1) is 18.1. The van der Waals surface area contributed by atoms with E-state index in [0.717, 1.165) is 31.5 Å². The van der Waals surface area contributed by atoms with Gasteiger partial charge in [0, 0.05) is 5.56 Å². The number of likely N-dealkylation sites (tertiary alicyclic amines) is 1. The van der Waals surface area contributed by atoms with Gasteiger partial charge in [-0.05, 0) is 55.8 Å². The molecule has 0 radical (unpaired) electrons. The van der Waals surface area contributed by atoms with Gasteiger partial charge in [-0.15, -0.1) is 0 Å². The fourth-order valence-electron chi connectivity index (χ4n) is 3.14. The van der Waals surface area contributed by atoms with Crippen LogP contribution in [0, 0.1) is 0 Å². The van der Waals surface area contributed by atoms with Crippen LogP contribution in [0.15, 0.2) is 54.6 Å². The Morgan fingerprint density at radius 2 is 1.65 bits per heavy atom. The molecule has 5 nitrogen and oxygen atoms in total. The minimum absolute atomic E-state index is 0.167. The zero-order valence-corrected chi connectivity index (χ0v) is 14.9. The standard InChI is InChI=1S/C21H23NO4/c1-25-18-11-9-17(10-12-18)20(23)19(22-13-5-6-14-22)21(24)26-15-16-7-3-2-4-8-16/h2-4,7-12,19H,5-6,13-15H2,1H3. The summed E-state index contributed by atoms with van der Waals surface area (Å²) in [6.45, 7) is 1.62. The Morgan fingerprint density at radius 1 is 1.00 bits per heavy atom. The van der Waals surface area contributed by atoms with Crippen molar-refractivity contribution in [3.8, 4) is 5.75 Å². The SMILES string of the molecule is COc1ccc(C(=O)C(C(=O)OCc2ccccc2)N2CCCC2)cc1. The van der Waals surface area contributed by atoms with Gasteiger partial charge in [0.05, 0.1) is 7.11 Å². The van der Waals surface area contributed by atoms with Crippen LogP contribution in [0.2, 0.25) is 0 Å². The number of Topliss-reactive ketones (excluding diaryl/α,β-unsaturated/α-hetero) is 1. The summed E-state index contributed by atoms with van der Waals surface area (Å²) in [7, 11) is 1.57. The molecule has 0 bridgehead atoms. The van der Waals surface area contributed by atoms with Crippen molar-refractivity contribution < 1.29 is 19.1 Å². The normalized spacial score (nSPS) is 15.4. The molecule has 1 aliphatic rings. The smallest absolute Gasteiger partial charge is 0.331 e. The van der Waals surface area contributed by atoms with Gasteiger partial charge in [-0.2, -0.15) is 0 Å². The molecule has 26 heavy (non-hydrogen) atoms. The van der Waals surface area contributed by atoms with Crippen molar-refractivity contribution in [3.63, 3.8) is 0 Å². The molecule has 0 spiro atoms. The van der Waals surface area contributed by atoms with Crippen LogP contribution in [0.5, 0.6) is 5.75 Å². The van der Waals surface area contributed by atoms with Crippen LogP contribution in [0.1, 0.15) is 28.8 Å². The average molecular weight is 353 g/mol. The maximum absolute atomic E-state index is 13.0. The van der Waals surface area contributed by atoms with E-state index in [2.05, 4.69) is 0 Å². The number of hydrogen-bond donors (Lipinski definition) is 0. The van der Waals surface area contributed by atoms with Crippen molar-refractivity contribution >= 4 is 11.8 Å². The topological polar surface area (TPSA) is 55.8 Å². The van der Waals surface area contributed by atoms with E-state index >= 15 is 0 Å². The molecule has 3 rings (SSSR count). The van der Waals surface area contributed by atoms with E-state index in [1.807, 2.05) is 35.2 Å². The number of benzene rings is 2. The highest BCUT2D eigenvalue weighted by Crippen LogP contribution is 2.19. The number of carbonyl (C=O) groups excluding carboxylic acids is 2. The van der Waals surface area contributed by atoms with Gasteiger partial charge >= 0.3 is 5.97 Å². The van der Waals surface area contributed by atoms with Gasteiger partial charge in [0.2, 0.25) is 0 Å². The molecule has 0 saturated carbocycles. The number of esters is 1. The summed E-state index contributed by atoms with van der Waals surface area (Å²) in [5.74, 6) is -0.0462. The molecule has 0 aromatic heterocycles. The van der Waals surface area contributed by atoms with Crippen LogP contribution >= 0.6 is 0 Å². The Bertz CT molecular complexity index is 736. The highest BCUT2D eigenvalue weighted by Gasteiger charge is 2.36. The maximum Gasteiger partial charge on any atom is 0.331 e. The van der Waals surface area contributed by atoms with E-state index in [9.17, 15) is 9.59 Å². The number of nitrogens with zero attached hydrogens (tertiary/aromatic N) is 1. The van der Waals surface area contributed by atoms with Crippen molar-refractivity contribution in [2.45, 2.75) is 25.5 Å². The third-order valence-corrected chi connectivity index (χ3v) is 4.58. The predicted octanol–water partition coefficient (Wildman–Crippen LogP) is 3.09. The second-order valence-corrected chi connectivity index (χ2v) is 6.33. The van der Waals surface area contributed by atoms with Crippen molar-refractivity contribution in [1.82, 2.24) is 4.90 Å². The highest BCUT2D eigenvalue weighted by molar-refractivity contribution is 6.12. The monoisotopic (exact) mass is 353 g/mol. The number of hydrogen-bond acceptors (Lipinski definition) is 5. The van der Waals surface area contributed by atoms with E-state index in [4.69, 9.17) is 9.47 Å². The summed E-state index contributed by atoms with van der Waals surface area (Å²) in [4.78, 5) is 27.6. The maximum atomic E-state index is 13.0. The third-order valence-electron chi connectivity index (χ3n) is 4.58. The number of rotatable bonds is 7. The van der Waals surface area contributed by atoms with Crippen molar-refractivity contribution in [3.05, 3.63) is 65.7 Å². The Hall–Kier alpha value is -2.66. The van der Waals surface area contributed by atoms with E-state index in [-0.39, 0.29) is 12.4 Å². The second kappa shape index (κ2) is 8.63. The van der Waals surface area contributed by atoms with Gasteiger partial charge in [-0.25, -0.2) is 4.79 Å². The van der Waals surface area contributed by atoms with Crippen LogP contribution in [0.3, 0.4) is 0 Å². The lowest BCUT2D eigenvalue weighted by atomic mass is 10.0. The molecule has 1 atom stereocenters. The van der Waals surface area contributed by atoms with Gasteiger partial charge in [0.1, 0.15) is 12.4 Å². The Morgan fingerprint density at radius 3 is 2.27 bits per heavy atom. The number of methoxy groups -OCH3 is 1. The molecule has 0 amide bonds. The van der Waals surface area contributed by atoms with Crippen LogP contribution in [-0.2, 0) is 16.1 Å². The molecular formula is C21H23NO4. The summed E-state index contributed by atoms with van der Waals surface area (Å²) in [5.41, 5.74) is 1.39. The van der Waals surface area contributed by atoms with Gasteiger partial charge in [0.15, 0.2) is 11.8 Å². The summed E-state index contributed by atoms with van der Waals surface area (Å²) in [5, 5.41) is 0. The highest BCUT2D eigenvalue weighted by atomic mass is 16.5. The van der Waals surface area contributed by atoms with Crippen LogP contribution < -0.4 is 4.74 Å². The van der Waals surface area contributed by atoms with Crippen LogP contribution in [0.4, 0.5) is 0 Å². The van der Waals surface area contributed by atoms with Gasteiger partial charge in [-0.3, -0.25) is 9.69 Å². The van der Waals surface area contributed by atoms with Gasteiger partial charge in [-0.1, -0.05) is 30.3 Å². The predicted molar refractivity (Wildman–Crippen MR) is 98.2 cm³/mol. The van der Waals surface area contributed by atoms with E-state index in [1.165, 1.54) is 0 Å². The molecule has 136 valence electrons. The molecule has 1 saturated heterocycles. The van der Waals surface area contributed by atoms with Crippen molar-refractivity contribution in [1.29, 1.82) is 0 Å². The van der Waals surface area contributed by atoms with Crippen LogP contribution in [0.25, 0.3) is 0 Å². The Labute approximate surface area is 153 Å². The average Bonchev–Trinajstić information content (AvgIpc) is 3.21. The number of carbonyl (C=O) groups is 2. The third kappa shape index (κ3) is 4.29. The molecule has 2 aromatic rings. The molecule has 1 fully saturated rings. The molecular weight excluding hydrogens is 330 g/mol. The van der Waals surface area contributed by atoms with Crippen molar-refractivity contribution in [2.24, 2.45) is 0 Å². The van der Waals surface area contributed by atoms with Crippen molar-refractivity contribution in [2.75, 3.05) is 20.2 Å². The molecule has 5 heteroatoms. The minimum atomic E-state index is -0.894. The summed E-state index contributed by atoms with van der Waals surface area (Å²) < 4.78 is 10.6. The molecule has 1 aliphatic heterocycles. The summed E-state index contributed by atoms with van der Waals surface area (Å²) >= 11 is 0. The number of ketones is 1. The zero-order chi connectivity index (χ0) is 18.4. The Kier molecular flexibility index (Phi) is 6.02. The van der Waals surface area contributed by atoms with E-state index in [1.54, 1.807) is 31.4 Å². The van der Waals surface area contributed by atoms with Gasteiger partial charge < -0.3 is 9.47 Å². The zero-order valence-electron chi connectivity index (χ0n) is 14.9. The summed E-state index contributed by atoms with van der Waals surface area (Å²) in [6, 6.07) is 15.4. The molecule has 0 N–H and O–H groups in total. The fraction of sp³-hybridized carbons (Fsp3) is 0.333. The van der Waals surface area contributed by atoms with E-state index < -0.39 is 12.0 Å². The first-order chi connectivity index (χ1) is 12.7. The quantitative estimate of drug-likeness (QED) is 0.435. The minimum Gasteiger partial charge on any atom is -0.497 e. The second-order valence-electron chi connectivity index (χ2n) is 6.33. The largest absolute Gasteiger partial charge is 0.497 e.